The molecule has 0 radical (unpaired) electrons. The van der Waals surface area contributed by atoms with Crippen LogP contribution in [0.2, 0.25) is 0 Å². The number of aromatic amines is 1. The van der Waals surface area contributed by atoms with E-state index in [1.165, 1.54) is 12.3 Å². The topological polar surface area (TPSA) is 110 Å². The van der Waals surface area contributed by atoms with Gasteiger partial charge in [0, 0.05) is 42.3 Å². The molecule has 1 atom stereocenters. The summed E-state index contributed by atoms with van der Waals surface area (Å²) in [7, 11) is 0. The Balaban J connectivity index is 1.45. The maximum Gasteiger partial charge on any atom is 0.289 e. The van der Waals surface area contributed by atoms with Crippen molar-refractivity contribution >= 4 is 22.7 Å². The first kappa shape index (κ1) is 23.7. The number of hydrogen-bond acceptors (Lipinski definition) is 7. The number of rotatable bonds is 6. The molecule has 1 aliphatic heterocycles. The predicted octanol–water partition coefficient (Wildman–Crippen LogP) is 4.32. The highest BCUT2D eigenvalue weighted by Crippen LogP contribution is 2.38. The number of aliphatic hydroxyl groups is 1. The molecule has 0 aliphatic carbocycles. The largest absolute Gasteiger partial charge is 0.461 e. The van der Waals surface area contributed by atoms with E-state index in [0.29, 0.717) is 17.6 Å². The van der Waals surface area contributed by atoms with Gasteiger partial charge in [-0.25, -0.2) is 23.1 Å². The van der Waals surface area contributed by atoms with Gasteiger partial charge in [0.1, 0.15) is 18.0 Å². The summed E-state index contributed by atoms with van der Waals surface area (Å²) in [6.07, 6.45) is 3.22. The number of benzene rings is 1. The number of aromatic nitrogens is 4. The lowest BCUT2D eigenvalue weighted by Crippen LogP contribution is -2.43. The fourth-order valence-corrected chi connectivity index (χ4v) is 3.95. The van der Waals surface area contributed by atoms with Crippen LogP contribution in [-0.2, 0) is 11.3 Å². The zero-order valence-corrected chi connectivity index (χ0v) is 19.5. The number of aliphatic hydroxyl groups excluding tert-OH is 1. The molecule has 0 unspecified atom stereocenters. The SMILES string of the molecule is CCn1nc(C)cc1-c1c[nH]c2nccc(Oc3c(F)cc(NC4=NC[C@@](F)(CO)CO4)cc3F)c12. The molecule has 0 amide bonds. The molecule has 12 heteroatoms. The van der Waals surface area contributed by atoms with Crippen LogP contribution in [0.15, 0.2) is 41.7 Å². The lowest BCUT2D eigenvalue weighted by Gasteiger charge is -2.26. The molecule has 0 saturated heterocycles. The van der Waals surface area contributed by atoms with Gasteiger partial charge in [-0.05, 0) is 26.0 Å². The number of pyridine rings is 1. The van der Waals surface area contributed by atoms with Crippen molar-refractivity contribution in [1.82, 2.24) is 19.7 Å². The summed E-state index contributed by atoms with van der Waals surface area (Å²) >= 11 is 0. The van der Waals surface area contributed by atoms with Crippen molar-refractivity contribution < 1.29 is 27.8 Å². The number of amidine groups is 1. The molecule has 36 heavy (non-hydrogen) atoms. The molecule has 9 nitrogen and oxygen atoms in total. The van der Waals surface area contributed by atoms with Gasteiger partial charge in [-0.1, -0.05) is 0 Å². The number of anilines is 1. The van der Waals surface area contributed by atoms with Gasteiger partial charge in [-0.15, -0.1) is 0 Å². The van der Waals surface area contributed by atoms with E-state index in [1.54, 1.807) is 6.20 Å². The van der Waals surface area contributed by atoms with E-state index < -0.39 is 36.3 Å². The van der Waals surface area contributed by atoms with Crippen molar-refractivity contribution in [1.29, 1.82) is 0 Å². The van der Waals surface area contributed by atoms with Crippen LogP contribution < -0.4 is 10.1 Å². The van der Waals surface area contributed by atoms with E-state index in [-0.39, 0.29) is 24.0 Å². The number of nitrogens with zero attached hydrogens (tertiary/aromatic N) is 4. The van der Waals surface area contributed by atoms with E-state index in [4.69, 9.17) is 14.6 Å². The summed E-state index contributed by atoms with van der Waals surface area (Å²) in [5.41, 5.74) is 0.867. The first-order valence-electron chi connectivity index (χ1n) is 11.2. The second-order valence-corrected chi connectivity index (χ2v) is 8.44. The van der Waals surface area contributed by atoms with Gasteiger partial charge in [0.15, 0.2) is 23.1 Å². The van der Waals surface area contributed by atoms with E-state index in [1.807, 2.05) is 24.6 Å². The summed E-state index contributed by atoms with van der Waals surface area (Å²) in [5, 5.41) is 16.7. The van der Waals surface area contributed by atoms with E-state index in [0.717, 1.165) is 29.1 Å². The zero-order valence-electron chi connectivity index (χ0n) is 19.5. The van der Waals surface area contributed by atoms with E-state index >= 15 is 0 Å². The molecule has 0 saturated carbocycles. The van der Waals surface area contributed by atoms with Crippen molar-refractivity contribution in [3.63, 3.8) is 0 Å². The first-order valence-corrected chi connectivity index (χ1v) is 11.2. The highest BCUT2D eigenvalue weighted by Gasteiger charge is 2.34. The highest BCUT2D eigenvalue weighted by atomic mass is 19.1. The normalized spacial score (nSPS) is 17.7. The molecular weight excluding hydrogens is 477 g/mol. The van der Waals surface area contributed by atoms with Crippen LogP contribution >= 0.6 is 0 Å². The van der Waals surface area contributed by atoms with Crippen LogP contribution in [0.3, 0.4) is 0 Å². The van der Waals surface area contributed by atoms with Crippen LogP contribution in [0.5, 0.6) is 11.5 Å². The van der Waals surface area contributed by atoms with Crippen molar-refractivity contribution in [2.45, 2.75) is 26.1 Å². The summed E-state index contributed by atoms with van der Waals surface area (Å²) < 4.78 is 56.7. The lowest BCUT2D eigenvalue weighted by atomic mass is 10.1. The number of halogens is 3. The summed E-state index contributed by atoms with van der Waals surface area (Å²) in [4.78, 5) is 11.2. The van der Waals surface area contributed by atoms with Crippen molar-refractivity contribution in [2.24, 2.45) is 4.99 Å². The van der Waals surface area contributed by atoms with Gasteiger partial charge in [0.25, 0.3) is 6.02 Å². The maximum atomic E-state index is 15.0. The smallest absolute Gasteiger partial charge is 0.289 e. The van der Waals surface area contributed by atoms with Crippen LogP contribution in [-0.4, -0.2) is 56.3 Å². The molecule has 188 valence electrons. The Morgan fingerprint density at radius 3 is 2.72 bits per heavy atom. The van der Waals surface area contributed by atoms with Crippen LogP contribution in [0, 0.1) is 18.6 Å². The highest BCUT2D eigenvalue weighted by molar-refractivity contribution is 5.97. The molecule has 0 fully saturated rings. The third-order valence-corrected chi connectivity index (χ3v) is 5.73. The van der Waals surface area contributed by atoms with Gasteiger partial charge in [-0.2, -0.15) is 5.10 Å². The number of fused-ring (bicyclic) bond motifs is 1. The monoisotopic (exact) mass is 500 g/mol. The third-order valence-electron chi connectivity index (χ3n) is 5.73. The summed E-state index contributed by atoms with van der Waals surface area (Å²) in [5.74, 6) is -2.34. The van der Waals surface area contributed by atoms with Crippen molar-refractivity contribution in [2.75, 3.05) is 25.1 Å². The fourth-order valence-electron chi connectivity index (χ4n) is 3.95. The Hall–Kier alpha value is -4.06. The quantitative estimate of drug-likeness (QED) is 0.364. The molecule has 3 N–H and O–H groups in total. The van der Waals surface area contributed by atoms with Gasteiger partial charge < -0.3 is 24.9 Å². The standard InChI is InChI=1S/C24H23F3N6O3/c1-3-33-18(6-13(2)32-33)15-9-29-22-20(15)19(4-5-28-22)36-21-16(25)7-14(8-17(21)26)31-23-30-10-24(27,11-34)12-35-23/h4-9,34H,3,10-12H2,1-2H3,(H,28,29)(H,30,31)/t24-/m1/s1. The van der Waals surface area contributed by atoms with Crippen LogP contribution in [0.4, 0.5) is 18.9 Å². The Bertz CT molecular complexity index is 1440. The minimum atomic E-state index is -1.99. The van der Waals surface area contributed by atoms with Gasteiger partial charge in [0.2, 0.25) is 0 Å². The minimum Gasteiger partial charge on any atom is -0.461 e. The number of aliphatic imine (C=N–C) groups is 1. The second-order valence-electron chi connectivity index (χ2n) is 8.44. The number of alkyl halides is 1. The first-order chi connectivity index (χ1) is 17.3. The minimum absolute atomic E-state index is 0.00371. The average molecular weight is 500 g/mol. The van der Waals surface area contributed by atoms with Crippen molar-refractivity contribution in [3.05, 3.63) is 54.0 Å². The van der Waals surface area contributed by atoms with E-state index in [9.17, 15) is 13.2 Å². The molecule has 3 aromatic heterocycles. The molecular formula is C24H23F3N6O3. The number of nitrogens with one attached hydrogen (secondary N) is 2. The average Bonchev–Trinajstić information content (AvgIpc) is 3.46. The Morgan fingerprint density at radius 1 is 1.28 bits per heavy atom. The van der Waals surface area contributed by atoms with E-state index in [2.05, 4.69) is 25.4 Å². The Kier molecular flexibility index (Phi) is 6.04. The molecule has 0 spiro atoms. The molecule has 1 aromatic carbocycles. The number of hydrogen-bond donors (Lipinski definition) is 3. The Morgan fingerprint density at radius 2 is 2.06 bits per heavy atom. The molecule has 1 aliphatic rings. The summed E-state index contributed by atoms with van der Waals surface area (Å²) in [6, 6.07) is 5.35. The van der Waals surface area contributed by atoms with Crippen LogP contribution in [0.25, 0.3) is 22.3 Å². The molecule has 0 bridgehead atoms. The number of aryl methyl sites for hydroxylation is 2. The Labute approximate surface area is 203 Å². The number of H-pyrrole nitrogens is 1. The van der Waals surface area contributed by atoms with Gasteiger partial charge in [-0.3, -0.25) is 4.68 Å². The van der Waals surface area contributed by atoms with Gasteiger partial charge >= 0.3 is 0 Å². The van der Waals surface area contributed by atoms with Crippen molar-refractivity contribution in [3.8, 4) is 22.8 Å². The molecule has 4 heterocycles. The summed E-state index contributed by atoms with van der Waals surface area (Å²) in [6.45, 7) is 2.95. The van der Waals surface area contributed by atoms with Gasteiger partial charge in [0.05, 0.1) is 29.9 Å². The number of ether oxygens (including phenoxy) is 2. The fraction of sp³-hybridized carbons (Fsp3) is 0.292. The zero-order chi connectivity index (χ0) is 25.4. The lowest BCUT2D eigenvalue weighted by molar-refractivity contribution is 0.0181. The third kappa shape index (κ3) is 4.35. The maximum absolute atomic E-state index is 15.0. The van der Waals surface area contributed by atoms with Crippen LogP contribution in [0.1, 0.15) is 12.6 Å². The second kappa shape index (κ2) is 9.19. The molecule has 5 rings (SSSR count). The molecule has 4 aromatic rings. The predicted molar refractivity (Wildman–Crippen MR) is 127 cm³/mol.